The van der Waals surface area contributed by atoms with E-state index in [2.05, 4.69) is 0 Å². The zero-order chi connectivity index (χ0) is 10.4. The van der Waals surface area contributed by atoms with Gasteiger partial charge in [-0.3, -0.25) is 10.0 Å². The van der Waals surface area contributed by atoms with Crippen LogP contribution < -0.4 is 0 Å². The van der Waals surface area contributed by atoms with E-state index in [9.17, 15) is 10.0 Å². The van der Waals surface area contributed by atoms with Crippen LogP contribution in [-0.4, -0.2) is 28.9 Å². The highest BCUT2D eigenvalue weighted by atomic mass is 16.6. The van der Waals surface area contributed by atoms with E-state index in [1.807, 2.05) is 24.3 Å². The minimum Gasteiger partial charge on any atom is -0.365 e. The number of nitrogens with zero attached hydrogens (tertiary/aromatic N) is 1. The number of hydrogen-bond donors (Lipinski definition) is 1. The summed E-state index contributed by atoms with van der Waals surface area (Å²) in [7, 11) is 0. The second-order valence-electron chi connectivity index (χ2n) is 3.94. The van der Waals surface area contributed by atoms with Crippen LogP contribution in [-0.2, 0) is 16.0 Å². The van der Waals surface area contributed by atoms with E-state index in [0.717, 1.165) is 22.6 Å². The molecule has 0 aromatic heterocycles. The lowest BCUT2D eigenvalue weighted by molar-refractivity contribution is -0.212. The third kappa shape index (κ3) is 1.19. The van der Waals surface area contributed by atoms with Gasteiger partial charge in [0.05, 0.1) is 6.10 Å². The molecule has 1 aromatic carbocycles. The number of hydrogen-bond acceptors (Lipinski definition) is 3. The number of ether oxygens (including phenoxy) is 1. The van der Waals surface area contributed by atoms with Crippen LogP contribution in [0.25, 0.3) is 0 Å². The van der Waals surface area contributed by atoms with Crippen LogP contribution >= 0.6 is 0 Å². The third-order valence-corrected chi connectivity index (χ3v) is 3.09. The van der Waals surface area contributed by atoms with Gasteiger partial charge in [-0.25, -0.2) is 5.06 Å². The van der Waals surface area contributed by atoms with Gasteiger partial charge in [0, 0.05) is 6.42 Å². The van der Waals surface area contributed by atoms with Gasteiger partial charge < -0.3 is 4.74 Å². The highest BCUT2D eigenvalue weighted by molar-refractivity contribution is 5.77. The summed E-state index contributed by atoms with van der Waals surface area (Å²) in [5.41, 5.74) is 2.15. The fraction of sp³-hybridized carbons (Fsp3) is 0.364. The fourth-order valence-electron chi connectivity index (χ4n) is 2.38. The maximum atomic E-state index is 11.3. The number of amides is 1. The summed E-state index contributed by atoms with van der Waals surface area (Å²) in [6.07, 6.45) is 0.677. The van der Waals surface area contributed by atoms with Gasteiger partial charge in [0.25, 0.3) is 5.91 Å². The first kappa shape index (κ1) is 8.88. The molecule has 1 saturated heterocycles. The Morgan fingerprint density at radius 2 is 2.20 bits per heavy atom. The Hall–Kier alpha value is -1.39. The van der Waals surface area contributed by atoms with Crippen molar-refractivity contribution in [3.8, 4) is 0 Å². The zero-order valence-corrected chi connectivity index (χ0v) is 8.09. The van der Waals surface area contributed by atoms with Gasteiger partial charge in [-0.1, -0.05) is 24.3 Å². The largest absolute Gasteiger partial charge is 0.365 e. The minimum absolute atomic E-state index is 0.0222. The van der Waals surface area contributed by atoms with E-state index in [1.54, 1.807) is 0 Å². The number of carbonyl (C=O) groups is 1. The van der Waals surface area contributed by atoms with Crippen molar-refractivity contribution < 1.29 is 14.7 Å². The SMILES string of the molecule is O=C1CO[C@H]2Cc3ccccc3[C@H]2N1O. The van der Waals surface area contributed by atoms with Gasteiger partial charge in [-0.15, -0.1) is 0 Å². The van der Waals surface area contributed by atoms with Crippen molar-refractivity contribution in [2.75, 3.05) is 6.61 Å². The Balaban J connectivity index is 2.05. The molecule has 0 saturated carbocycles. The average Bonchev–Trinajstić information content (AvgIpc) is 2.62. The maximum absolute atomic E-state index is 11.3. The zero-order valence-electron chi connectivity index (χ0n) is 8.09. The number of fused-ring (bicyclic) bond motifs is 3. The van der Waals surface area contributed by atoms with Gasteiger partial charge in [0.15, 0.2) is 0 Å². The van der Waals surface area contributed by atoms with E-state index < -0.39 is 0 Å². The Morgan fingerprint density at radius 3 is 3.07 bits per heavy atom. The molecule has 1 aliphatic heterocycles. The molecule has 3 rings (SSSR count). The van der Waals surface area contributed by atoms with Gasteiger partial charge in [-0.05, 0) is 11.1 Å². The standard InChI is InChI=1S/C11H11NO3/c13-10-6-15-9-5-7-3-1-2-4-8(7)11(9)12(10)14/h1-4,9,11,14H,5-6H2/t9-,11+/m0/s1. The predicted octanol–water partition coefficient (Wildman–Crippen LogP) is 0.900. The lowest BCUT2D eigenvalue weighted by atomic mass is 10.1. The van der Waals surface area contributed by atoms with E-state index in [0.29, 0.717) is 0 Å². The molecular formula is C11H11NO3. The molecule has 4 nitrogen and oxygen atoms in total. The van der Waals surface area contributed by atoms with Crippen LogP contribution in [0.3, 0.4) is 0 Å². The molecule has 1 fully saturated rings. The average molecular weight is 205 g/mol. The molecule has 0 spiro atoms. The lowest BCUT2D eigenvalue weighted by Gasteiger charge is -2.32. The Bertz CT molecular complexity index is 418. The monoisotopic (exact) mass is 205 g/mol. The van der Waals surface area contributed by atoms with Crippen molar-refractivity contribution >= 4 is 5.91 Å². The van der Waals surface area contributed by atoms with Crippen molar-refractivity contribution in [3.63, 3.8) is 0 Å². The Labute approximate surface area is 87.0 Å². The van der Waals surface area contributed by atoms with Crippen molar-refractivity contribution in [3.05, 3.63) is 35.4 Å². The molecule has 78 valence electrons. The van der Waals surface area contributed by atoms with Gasteiger partial charge in [0.1, 0.15) is 12.6 Å². The highest BCUT2D eigenvalue weighted by Gasteiger charge is 2.42. The molecule has 0 radical (unpaired) electrons. The summed E-state index contributed by atoms with van der Waals surface area (Å²) in [6.45, 7) is -0.0222. The number of morpholine rings is 1. The first-order valence-corrected chi connectivity index (χ1v) is 4.98. The van der Waals surface area contributed by atoms with Gasteiger partial charge in [0.2, 0.25) is 0 Å². The number of carbonyl (C=O) groups excluding carboxylic acids is 1. The van der Waals surface area contributed by atoms with Gasteiger partial charge >= 0.3 is 0 Å². The molecule has 1 aliphatic carbocycles. The van der Waals surface area contributed by atoms with E-state index in [4.69, 9.17) is 4.74 Å². The van der Waals surface area contributed by atoms with Crippen molar-refractivity contribution in [2.24, 2.45) is 0 Å². The summed E-state index contributed by atoms with van der Waals surface area (Å²) in [4.78, 5) is 11.3. The predicted molar refractivity (Wildman–Crippen MR) is 51.3 cm³/mol. The molecule has 1 aromatic rings. The van der Waals surface area contributed by atoms with E-state index in [-0.39, 0.29) is 24.7 Å². The summed E-state index contributed by atoms with van der Waals surface area (Å²) in [6, 6.07) is 7.50. The molecule has 4 heteroatoms. The molecule has 0 bridgehead atoms. The van der Waals surface area contributed by atoms with Crippen LogP contribution in [0.5, 0.6) is 0 Å². The number of rotatable bonds is 0. The first-order chi connectivity index (χ1) is 7.27. The van der Waals surface area contributed by atoms with Crippen molar-refractivity contribution in [1.82, 2.24) is 5.06 Å². The van der Waals surface area contributed by atoms with Crippen LogP contribution in [0.1, 0.15) is 17.2 Å². The topological polar surface area (TPSA) is 49.8 Å². The molecular weight excluding hydrogens is 194 g/mol. The molecule has 2 aliphatic rings. The quantitative estimate of drug-likeness (QED) is 0.640. The molecule has 1 N–H and O–H groups in total. The normalized spacial score (nSPS) is 28.9. The van der Waals surface area contributed by atoms with Crippen LogP contribution in [0.15, 0.2) is 24.3 Å². The number of hydroxylamine groups is 2. The van der Waals surface area contributed by atoms with E-state index >= 15 is 0 Å². The summed E-state index contributed by atoms with van der Waals surface area (Å²) in [5, 5.41) is 10.5. The summed E-state index contributed by atoms with van der Waals surface area (Å²) in [5.74, 6) is -0.368. The smallest absolute Gasteiger partial charge is 0.272 e. The summed E-state index contributed by atoms with van der Waals surface area (Å²) < 4.78 is 5.42. The maximum Gasteiger partial charge on any atom is 0.272 e. The fourth-order valence-corrected chi connectivity index (χ4v) is 2.38. The third-order valence-electron chi connectivity index (χ3n) is 3.09. The van der Waals surface area contributed by atoms with Gasteiger partial charge in [-0.2, -0.15) is 0 Å². The van der Waals surface area contributed by atoms with Crippen molar-refractivity contribution in [2.45, 2.75) is 18.6 Å². The molecule has 2 atom stereocenters. The van der Waals surface area contributed by atoms with Crippen molar-refractivity contribution in [1.29, 1.82) is 0 Å². The van der Waals surface area contributed by atoms with E-state index in [1.165, 1.54) is 0 Å². The minimum atomic E-state index is -0.368. The lowest BCUT2D eigenvalue weighted by Crippen LogP contribution is -2.45. The molecule has 1 amide bonds. The Morgan fingerprint density at radius 1 is 1.40 bits per heavy atom. The highest BCUT2D eigenvalue weighted by Crippen LogP contribution is 2.38. The first-order valence-electron chi connectivity index (χ1n) is 4.98. The molecule has 1 heterocycles. The number of benzene rings is 1. The van der Waals surface area contributed by atoms with Crippen LogP contribution in [0, 0.1) is 0 Å². The molecule has 15 heavy (non-hydrogen) atoms. The van der Waals surface area contributed by atoms with Crippen LogP contribution in [0.4, 0.5) is 0 Å². The second kappa shape index (κ2) is 3.05. The van der Waals surface area contributed by atoms with Crippen LogP contribution in [0.2, 0.25) is 0 Å². The summed E-state index contributed by atoms with van der Waals surface area (Å²) >= 11 is 0. The molecule has 0 unspecified atom stereocenters. The second-order valence-corrected chi connectivity index (χ2v) is 3.94. The Kier molecular flexibility index (Phi) is 1.81.